The van der Waals surface area contributed by atoms with Crippen LogP contribution in [0.25, 0.3) is 0 Å². The predicted octanol–water partition coefficient (Wildman–Crippen LogP) is 3.34. The monoisotopic (exact) mass is 451 g/mol. The maximum atomic E-state index is 13.3. The van der Waals surface area contributed by atoms with Gasteiger partial charge < -0.3 is 4.74 Å². The zero-order valence-electron chi connectivity index (χ0n) is 19.3. The molecule has 1 amide bonds. The molecule has 1 aromatic rings. The molecule has 1 saturated heterocycles. The molecule has 5 aliphatic rings. The Bertz CT molecular complexity index is 748. The third-order valence-corrected chi connectivity index (χ3v) is 7.88. The Morgan fingerprint density at radius 1 is 1.13 bits per heavy atom. The first-order valence-electron chi connectivity index (χ1n) is 11.9. The van der Waals surface area contributed by atoms with Gasteiger partial charge in [0.1, 0.15) is 0 Å². The fourth-order valence-corrected chi connectivity index (χ4v) is 6.75. The Morgan fingerprint density at radius 3 is 2.26 bits per heavy atom. The summed E-state index contributed by atoms with van der Waals surface area (Å²) in [7, 11) is 0. The van der Waals surface area contributed by atoms with Gasteiger partial charge in [0.05, 0.1) is 24.9 Å². The van der Waals surface area contributed by atoms with Crippen LogP contribution in [0.5, 0.6) is 0 Å². The van der Waals surface area contributed by atoms with E-state index in [2.05, 4.69) is 26.1 Å². The minimum absolute atomic E-state index is 0. The van der Waals surface area contributed by atoms with E-state index in [-0.39, 0.29) is 23.9 Å². The van der Waals surface area contributed by atoms with Crippen LogP contribution >= 0.6 is 12.4 Å². The molecule has 0 unspecified atom stereocenters. The van der Waals surface area contributed by atoms with E-state index in [1.165, 1.54) is 38.5 Å². The number of aromatic nitrogens is 3. The number of morpholine rings is 1. The lowest BCUT2D eigenvalue weighted by molar-refractivity contribution is -0.125. The van der Waals surface area contributed by atoms with E-state index < -0.39 is 5.41 Å². The molecule has 0 N–H and O–H groups in total. The molecule has 0 spiro atoms. The first-order valence-corrected chi connectivity index (χ1v) is 11.9. The number of nitrogens with zero attached hydrogens (tertiary/aromatic N) is 5. The zero-order chi connectivity index (χ0) is 20.9. The topological polar surface area (TPSA) is 63.5 Å². The van der Waals surface area contributed by atoms with Gasteiger partial charge in [-0.3, -0.25) is 14.6 Å². The molecule has 7 nitrogen and oxygen atoms in total. The molecule has 5 fully saturated rings. The summed E-state index contributed by atoms with van der Waals surface area (Å²) < 4.78 is 7.62. The first kappa shape index (κ1) is 23.0. The van der Waals surface area contributed by atoms with Crippen molar-refractivity contribution >= 4 is 24.1 Å². The van der Waals surface area contributed by atoms with Crippen LogP contribution in [0.3, 0.4) is 0 Å². The van der Waals surface area contributed by atoms with Gasteiger partial charge in [-0.05, 0) is 56.3 Å². The van der Waals surface area contributed by atoms with E-state index in [1.807, 2.05) is 25.7 Å². The highest BCUT2D eigenvalue weighted by Crippen LogP contribution is 2.58. The number of anilines is 1. The second-order valence-corrected chi connectivity index (χ2v) is 11.3. The molecule has 6 rings (SSSR count). The summed E-state index contributed by atoms with van der Waals surface area (Å²) in [6.07, 6.45) is 10.0. The van der Waals surface area contributed by atoms with Crippen LogP contribution < -0.4 is 4.90 Å². The number of amides is 1. The van der Waals surface area contributed by atoms with Crippen LogP contribution in [-0.2, 0) is 15.1 Å². The van der Waals surface area contributed by atoms with Crippen molar-refractivity contribution in [1.82, 2.24) is 19.9 Å². The van der Waals surface area contributed by atoms with Crippen molar-refractivity contribution in [2.75, 3.05) is 44.3 Å². The summed E-state index contributed by atoms with van der Waals surface area (Å²) in [5, 5.41) is 9.17. The Balaban J connectivity index is 0.00000231. The third-order valence-electron chi connectivity index (χ3n) is 7.88. The van der Waals surface area contributed by atoms with Crippen LogP contribution in [0, 0.1) is 23.2 Å². The lowest BCUT2D eigenvalue weighted by Gasteiger charge is -2.56. The number of halogens is 1. The second-order valence-electron chi connectivity index (χ2n) is 11.3. The van der Waals surface area contributed by atoms with Crippen molar-refractivity contribution in [2.45, 2.75) is 64.8 Å². The first-order chi connectivity index (χ1) is 14.3. The Hall–Kier alpha value is -1.18. The molecule has 4 aliphatic carbocycles. The van der Waals surface area contributed by atoms with Gasteiger partial charge in [0, 0.05) is 31.6 Å². The minimum Gasteiger partial charge on any atom is -0.379 e. The SMILES string of the molecule is CC(C)(C)C(=O)N(CCN1CCOCC1)c1cn(C23CC4CC(CC(C4)C2)C3)nn1.Cl. The lowest BCUT2D eigenvalue weighted by Crippen LogP contribution is -2.52. The summed E-state index contributed by atoms with van der Waals surface area (Å²) in [5.74, 6) is 3.42. The van der Waals surface area contributed by atoms with Gasteiger partial charge in [0.25, 0.3) is 0 Å². The van der Waals surface area contributed by atoms with Crippen LogP contribution in [0.2, 0.25) is 0 Å². The van der Waals surface area contributed by atoms with E-state index in [0.717, 1.165) is 56.4 Å². The molecular formula is C23H38ClN5O2. The maximum absolute atomic E-state index is 13.3. The summed E-state index contributed by atoms with van der Waals surface area (Å²) in [4.78, 5) is 17.5. The molecule has 0 radical (unpaired) electrons. The van der Waals surface area contributed by atoms with Crippen LogP contribution in [0.15, 0.2) is 6.20 Å². The fourth-order valence-electron chi connectivity index (χ4n) is 6.75. The lowest BCUT2D eigenvalue weighted by atomic mass is 9.53. The van der Waals surface area contributed by atoms with Gasteiger partial charge >= 0.3 is 0 Å². The van der Waals surface area contributed by atoms with Crippen LogP contribution in [-0.4, -0.2) is 65.2 Å². The maximum Gasteiger partial charge on any atom is 0.233 e. The minimum atomic E-state index is -0.449. The van der Waals surface area contributed by atoms with Crippen molar-refractivity contribution in [3.63, 3.8) is 0 Å². The Morgan fingerprint density at radius 2 is 1.71 bits per heavy atom. The smallest absolute Gasteiger partial charge is 0.233 e. The Kier molecular flexibility index (Phi) is 6.41. The number of ether oxygens (including phenoxy) is 1. The van der Waals surface area contributed by atoms with Gasteiger partial charge in [0.15, 0.2) is 5.82 Å². The molecule has 1 aliphatic heterocycles. The number of carbonyl (C=O) groups excluding carboxylic acids is 1. The van der Waals surface area contributed by atoms with Crippen molar-refractivity contribution in [2.24, 2.45) is 23.2 Å². The highest BCUT2D eigenvalue weighted by atomic mass is 35.5. The fraction of sp³-hybridized carbons (Fsp3) is 0.870. The van der Waals surface area contributed by atoms with Crippen LogP contribution in [0.4, 0.5) is 5.82 Å². The molecular weight excluding hydrogens is 414 g/mol. The average molecular weight is 452 g/mol. The number of carbonyl (C=O) groups is 1. The predicted molar refractivity (Wildman–Crippen MR) is 122 cm³/mol. The van der Waals surface area contributed by atoms with Gasteiger partial charge in [-0.25, -0.2) is 4.68 Å². The van der Waals surface area contributed by atoms with Crippen molar-refractivity contribution in [3.05, 3.63) is 6.20 Å². The Labute approximate surface area is 192 Å². The second kappa shape index (κ2) is 8.64. The van der Waals surface area contributed by atoms with E-state index in [9.17, 15) is 4.79 Å². The van der Waals surface area contributed by atoms with E-state index in [1.54, 1.807) is 0 Å². The highest BCUT2D eigenvalue weighted by molar-refractivity contribution is 5.95. The van der Waals surface area contributed by atoms with Crippen molar-refractivity contribution in [1.29, 1.82) is 0 Å². The zero-order valence-corrected chi connectivity index (χ0v) is 20.1. The number of rotatable bonds is 5. The van der Waals surface area contributed by atoms with Gasteiger partial charge in [-0.15, -0.1) is 17.5 Å². The van der Waals surface area contributed by atoms with Crippen LogP contribution in [0.1, 0.15) is 59.3 Å². The van der Waals surface area contributed by atoms with Crippen molar-refractivity contribution < 1.29 is 9.53 Å². The largest absolute Gasteiger partial charge is 0.379 e. The summed E-state index contributed by atoms with van der Waals surface area (Å²) >= 11 is 0. The van der Waals surface area contributed by atoms with Crippen molar-refractivity contribution in [3.8, 4) is 0 Å². The third kappa shape index (κ3) is 4.51. The summed E-state index contributed by atoms with van der Waals surface area (Å²) in [5.41, 5.74) is -0.309. The molecule has 1 aromatic heterocycles. The average Bonchev–Trinajstić information content (AvgIpc) is 3.18. The molecule has 0 atom stereocenters. The van der Waals surface area contributed by atoms with Gasteiger partial charge in [-0.2, -0.15) is 0 Å². The molecule has 4 saturated carbocycles. The van der Waals surface area contributed by atoms with Gasteiger partial charge in [0.2, 0.25) is 5.91 Å². The summed E-state index contributed by atoms with van der Waals surface area (Å²) in [6.45, 7) is 10.9. The quantitative estimate of drug-likeness (QED) is 0.687. The standard InChI is InChI=1S/C23H37N5O2.ClH/c1-22(2,3)21(29)27(5-4-26-6-8-30-9-7-26)20-16-28(25-24-20)23-13-17-10-18(14-23)12-19(11-17)15-23;/h16-19H,4-15H2,1-3H3;1H. The summed E-state index contributed by atoms with van der Waals surface area (Å²) in [6, 6.07) is 0. The van der Waals surface area contributed by atoms with Gasteiger partial charge in [-0.1, -0.05) is 26.0 Å². The molecule has 8 heteroatoms. The normalized spacial score (nSPS) is 32.7. The molecule has 0 aromatic carbocycles. The number of hydrogen-bond acceptors (Lipinski definition) is 5. The number of hydrogen-bond donors (Lipinski definition) is 0. The van der Waals surface area contributed by atoms with E-state index in [4.69, 9.17) is 4.74 Å². The highest BCUT2D eigenvalue weighted by Gasteiger charge is 2.52. The van der Waals surface area contributed by atoms with E-state index in [0.29, 0.717) is 6.54 Å². The molecule has 4 bridgehead atoms. The molecule has 2 heterocycles. The van der Waals surface area contributed by atoms with E-state index >= 15 is 0 Å². The molecule has 174 valence electrons. The molecule has 31 heavy (non-hydrogen) atoms.